The maximum absolute atomic E-state index is 11.9. The van der Waals surface area contributed by atoms with Crippen LogP contribution in [0.15, 0.2) is 36.9 Å². The fourth-order valence-corrected chi connectivity index (χ4v) is 2.29. The van der Waals surface area contributed by atoms with Crippen molar-refractivity contribution in [1.82, 2.24) is 20.2 Å². The summed E-state index contributed by atoms with van der Waals surface area (Å²) in [5.74, 6) is 0.691. The molecule has 6 nitrogen and oxygen atoms in total. The summed E-state index contributed by atoms with van der Waals surface area (Å²) in [5, 5.41) is 6.27. The van der Waals surface area contributed by atoms with Crippen LogP contribution in [0, 0.1) is 0 Å². The van der Waals surface area contributed by atoms with E-state index in [1.807, 2.05) is 17.7 Å². The number of carbonyl (C=O) groups is 1. The van der Waals surface area contributed by atoms with Crippen LogP contribution in [-0.4, -0.2) is 28.7 Å². The van der Waals surface area contributed by atoms with Gasteiger partial charge >= 0.3 is 6.03 Å². The van der Waals surface area contributed by atoms with Crippen molar-refractivity contribution in [2.75, 3.05) is 7.11 Å². The largest absolute Gasteiger partial charge is 0.496 e. The molecule has 1 unspecified atom stereocenters. The lowest BCUT2D eigenvalue weighted by Crippen LogP contribution is -2.42. The Morgan fingerprint density at radius 2 is 2.32 bits per heavy atom. The summed E-state index contributed by atoms with van der Waals surface area (Å²) < 4.78 is 7.15. The number of nitrogens with one attached hydrogen (secondary N) is 2. The van der Waals surface area contributed by atoms with Gasteiger partial charge in [-0.15, -0.1) is 0 Å². The second-order valence-electron chi connectivity index (χ2n) is 4.94. The minimum atomic E-state index is -0.241. The Labute approximate surface area is 134 Å². The lowest BCUT2D eigenvalue weighted by atomic mass is 10.2. The van der Waals surface area contributed by atoms with Crippen LogP contribution in [0.5, 0.6) is 5.75 Å². The molecular weight excluding hydrogens is 304 g/mol. The van der Waals surface area contributed by atoms with Crippen LogP contribution >= 0.6 is 11.6 Å². The van der Waals surface area contributed by atoms with Crippen molar-refractivity contribution in [3.63, 3.8) is 0 Å². The Bertz CT molecular complexity index is 616. The van der Waals surface area contributed by atoms with E-state index in [-0.39, 0.29) is 12.1 Å². The van der Waals surface area contributed by atoms with Gasteiger partial charge in [-0.25, -0.2) is 9.78 Å². The Hall–Kier alpha value is -2.21. The molecular formula is C15H19ClN4O2. The molecule has 1 aromatic carbocycles. The number of carbonyl (C=O) groups excluding carboxylic acids is 1. The van der Waals surface area contributed by atoms with Gasteiger partial charge < -0.3 is 19.9 Å². The zero-order valence-electron chi connectivity index (χ0n) is 12.5. The highest BCUT2D eigenvalue weighted by molar-refractivity contribution is 6.30. The topological polar surface area (TPSA) is 68.2 Å². The molecule has 2 rings (SSSR count). The van der Waals surface area contributed by atoms with E-state index < -0.39 is 0 Å². The number of nitrogens with zero attached hydrogens (tertiary/aromatic N) is 2. The van der Waals surface area contributed by atoms with Crippen molar-refractivity contribution >= 4 is 17.6 Å². The molecule has 0 aliphatic carbocycles. The molecule has 0 saturated carbocycles. The van der Waals surface area contributed by atoms with Crippen LogP contribution in [0.4, 0.5) is 4.79 Å². The zero-order valence-corrected chi connectivity index (χ0v) is 13.3. The molecule has 22 heavy (non-hydrogen) atoms. The first-order valence-electron chi connectivity index (χ1n) is 6.91. The Balaban J connectivity index is 1.83. The molecule has 0 radical (unpaired) electrons. The quantitative estimate of drug-likeness (QED) is 0.858. The summed E-state index contributed by atoms with van der Waals surface area (Å²) in [6.07, 6.45) is 5.28. The minimum absolute atomic E-state index is 0.0181. The highest BCUT2D eigenvalue weighted by Gasteiger charge is 2.09. The van der Waals surface area contributed by atoms with Gasteiger partial charge in [-0.1, -0.05) is 11.6 Å². The summed E-state index contributed by atoms with van der Waals surface area (Å²) in [4.78, 5) is 15.9. The number of methoxy groups -OCH3 is 1. The lowest BCUT2D eigenvalue weighted by molar-refractivity contribution is 0.236. The monoisotopic (exact) mass is 322 g/mol. The van der Waals surface area contributed by atoms with Gasteiger partial charge in [-0.05, 0) is 25.1 Å². The smallest absolute Gasteiger partial charge is 0.315 e. The van der Waals surface area contributed by atoms with Crippen LogP contribution in [0.2, 0.25) is 5.02 Å². The number of halogens is 1. The first-order valence-corrected chi connectivity index (χ1v) is 7.29. The van der Waals surface area contributed by atoms with Crippen molar-refractivity contribution < 1.29 is 9.53 Å². The second kappa shape index (κ2) is 7.70. The molecule has 1 heterocycles. The van der Waals surface area contributed by atoms with Gasteiger partial charge in [0, 0.05) is 42.1 Å². The fraction of sp³-hybridized carbons (Fsp3) is 0.333. The number of aromatic nitrogens is 2. The predicted molar refractivity (Wildman–Crippen MR) is 85.1 cm³/mol. The Kier molecular flexibility index (Phi) is 5.66. The van der Waals surface area contributed by atoms with Gasteiger partial charge in [-0.2, -0.15) is 0 Å². The maximum Gasteiger partial charge on any atom is 0.315 e. The molecule has 118 valence electrons. The van der Waals surface area contributed by atoms with Crippen molar-refractivity contribution in [2.45, 2.75) is 26.1 Å². The molecule has 2 amide bonds. The van der Waals surface area contributed by atoms with Gasteiger partial charge in [0.15, 0.2) is 0 Å². The standard InChI is InChI=1S/C15H19ClN4O2/c1-11(9-20-6-5-17-10-20)19-15(21)18-8-12-7-13(16)3-4-14(12)22-2/h3-7,10-11H,8-9H2,1-2H3,(H2,18,19,21). The van der Waals surface area contributed by atoms with Crippen molar-refractivity contribution in [1.29, 1.82) is 0 Å². The van der Waals surface area contributed by atoms with Gasteiger partial charge in [0.2, 0.25) is 0 Å². The second-order valence-corrected chi connectivity index (χ2v) is 5.38. The summed E-state index contributed by atoms with van der Waals surface area (Å²) in [6, 6.07) is 5.04. The van der Waals surface area contributed by atoms with Crippen LogP contribution in [0.1, 0.15) is 12.5 Å². The zero-order chi connectivity index (χ0) is 15.9. The molecule has 0 fully saturated rings. The molecule has 2 N–H and O–H groups in total. The minimum Gasteiger partial charge on any atom is -0.496 e. The summed E-state index contributed by atoms with van der Waals surface area (Å²) in [7, 11) is 1.58. The van der Waals surface area contributed by atoms with Crippen LogP contribution in [0.25, 0.3) is 0 Å². The van der Waals surface area contributed by atoms with Gasteiger partial charge in [0.05, 0.1) is 13.4 Å². The molecule has 0 aliphatic rings. The van der Waals surface area contributed by atoms with E-state index in [0.29, 0.717) is 23.9 Å². The number of urea groups is 1. The average molecular weight is 323 g/mol. The normalized spacial score (nSPS) is 11.8. The van der Waals surface area contributed by atoms with Gasteiger partial charge in [0.25, 0.3) is 0 Å². The van der Waals surface area contributed by atoms with E-state index in [4.69, 9.17) is 16.3 Å². The number of benzene rings is 1. The van der Waals surface area contributed by atoms with E-state index >= 15 is 0 Å². The third-order valence-electron chi connectivity index (χ3n) is 3.10. The number of ether oxygens (including phenoxy) is 1. The first kappa shape index (κ1) is 16.2. The number of amides is 2. The molecule has 0 saturated heterocycles. The third kappa shape index (κ3) is 4.66. The van der Waals surface area contributed by atoms with Gasteiger partial charge in [0.1, 0.15) is 5.75 Å². The third-order valence-corrected chi connectivity index (χ3v) is 3.34. The SMILES string of the molecule is COc1ccc(Cl)cc1CNC(=O)NC(C)Cn1ccnc1. The molecule has 2 aromatic rings. The van der Waals surface area contributed by atoms with E-state index in [1.165, 1.54) is 0 Å². The Morgan fingerprint density at radius 3 is 3.00 bits per heavy atom. The van der Waals surface area contributed by atoms with Crippen LogP contribution in [0.3, 0.4) is 0 Å². The molecule has 1 atom stereocenters. The predicted octanol–water partition coefficient (Wildman–Crippen LogP) is 2.43. The highest BCUT2D eigenvalue weighted by atomic mass is 35.5. The molecule has 0 bridgehead atoms. The van der Waals surface area contributed by atoms with E-state index in [2.05, 4.69) is 15.6 Å². The van der Waals surface area contributed by atoms with E-state index in [1.54, 1.807) is 37.8 Å². The summed E-state index contributed by atoms with van der Waals surface area (Å²) in [6.45, 7) is 2.93. The van der Waals surface area contributed by atoms with Crippen molar-refractivity contribution in [2.24, 2.45) is 0 Å². The molecule has 7 heteroatoms. The molecule has 0 aliphatic heterocycles. The van der Waals surface area contributed by atoms with Crippen LogP contribution in [-0.2, 0) is 13.1 Å². The first-order chi connectivity index (χ1) is 10.6. The van der Waals surface area contributed by atoms with Crippen molar-refractivity contribution in [3.05, 3.63) is 47.5 Å². The maximum atomic E-state index is 11.9. The van der Waals surface area contributed by atoms with E-state index in [0.717, 1.165) is 5.56 Å². The summed E-state index contributed by atoms with van der Waals surface area (Å²) in [5.41, 5.74) is 0.826. The van der Waals surface area contributed by atoms with Gasteiger partial charge in [-0.3, -0.25) is 0 Å². The number of rotatable bonds is 6. The van der Waals surface area contributed by atoms with Crippen molar-refractivity contribution in [3.8, 4) is 5.75 Å². The number of hydrogen-bond acceptors (Lipinski definition) is 3. The fourth-order valence-electron chi connectivity index (χ4n) is 2.09. The highest BCUT2D eigenvalue weighted by Crippen LogP contribution is 2.22. The van der Waals surface area contributed by atoms with Crippen LogP contribution < -0.4 is 15.4 Å². The number of imidazole rings is 1. The molecule has 1 aromatic heterocycles. The summed E-state index contributed by atoms with van der Waals surface area (Å²) >= 11 is 5.96. The average Bonchev–Trinajstić information content (AvgIpc) is 2.98. The number of hydrogen-bond donors (Lipinski definition) is 2. The molecule has 0 spiro atoms. The Morgan fingerprint density at radius 1 is 1.50 bits per heavy atom. The van der Waals surface area contributed by atoms with E-state index in [9.17, 15) is 4.79 Å². The lowest BCUT2D eigenvalue weighted by Gasteiger charge is -2.16.